The van der Waals surface area contributed by atoms with Gasteiger partial charge >= 0.3 is 11.9 Å². The molecule has 0 bridgehead atoms. The molecular formula is C27H41N5O12. The number of carbonyl (C=O) groups is 10. The minimum absolute atomic E-state index is 0.0611. The topological polar surface area (TPSA) is 232 Å². The lowest BCUT2D eigenvalue weighted by Gasteiger charge is -2.22. The van der Waals surface area contributed by atoms with E-state index in [1.165, 1.54) is 6.92 Å². The maximum atomic E-state index is 12.6. The fourth-order valence-corrected chi connectivity index (χ4v) is 3.45. The Morgan fingerprint density at radius 2 is 1.14 bits per heavy atom. The van der Waals surface area contributed by atoms with E-state index in [9.17, 15) is 47.9 Å². The highest BCUT2D eigenvalue weighted by Crippen LogP contribution is 2.02. The molecule has 246 valence electrons. The summed E-state index contributed by atoms with van der Waals surface area (Å²) in [7, 11) is 3.76. The van der Waals surface area contributed by atoms with E-state index in [-0.39, 0.29) is 63.2 Å². The van der Waals surface area contributed by atoms with Gasteiger partial charge in [0.25, 0.3) is 0 Å². The highest BCUT2D eigenvalue weighted by Gasteiger charge is 2.23. The predicted octanol–water partition coefficient (Wildman–Crippen LogP) is -2.92. The standard InChI is InChI=1S/C27H41N5O12/c1-18(33)11-19(34)5-7-22(37)30-13-25(40)32(17-27(42)44-4)15-23(38)29-10-9-21(36)14-31(16-26(41)43-3)24(39)8-6-20(35)12-28-2/h28H,5-17H2,1-4H3,(H,29,38)(H,30,37). The zero-order valence-corrected chi connectivity index (χ0v) is 25.5. The third-order valence-electron chi connectivity index (χ3n) is 5.73. The summed E-state index contributed by atoms with van der Waals surface area (Å²) in [6.45, 7) is -1.72. The molecule has 0 fully saturated rings. The van der Waals surface area contributed by atoms with Crippen LogP contribution >= 0.6 is 0 Å². The molecule has 44 heavy (non-hydrogen) atoms. The number of rotatable bonds is 23. The van der Waals surface area contributed by atoms with Gasteiger partial charge in [0, 0.05) is 38.6 Å². The van der Waals surface area contributed by atoms with Crippen molar-refractivity contribution in [3.05, 3.63) is 0 Å². The summed E-state index contributed by atoms with van der Waals surface area (Å²) in [4.78, 5) is 121. The van der Waals surface area contributed by atoms with Crippen LogP contribution in [-0.2, 0) is 57.4 Å². The van der Waals surface area contributed by atoms with E-state index in [0.29, 0.717) is 0 Å². The highest BCUT2D eigenvalue weighted by atomic mass is 16.5. The molecule has 0 aliphatic heterocycles. The van der Waals surface area contributed by atoms with Crippen LogP contribution in [0.25, 0.3) is 0 Å². The summed E-state index contributed by atoms with van der Waals surface area (Å²) in [5.41, 5.74) is 0. The lowest BCUT2D eigenvalue weighted by molar-refractivity contribution is -0.148. The van der Waals surface area contributed by atoms with Crippen LogP contribution < -0.4 is 16.0 Å². The molecule has 0 saturated carbocycles. The quantitative estimate of drug-likeness (QED) is 0.0762. The number of amides is 4. The van der Waals surface area contributed by atoms with Gasteiger partial charge in [-0.25, -0.2) is 0 Å². The maximum absolute atomic E-state index is 12.6. The lowest BCUT2D eigenvalue weighted by atomic mass is 10.1. The molecule has 0 aliphatic carbocycles. The van der Waals surface area contributed by atoms with Crippen molar-refractivity contribution in [2.24, 2.45) is 0 Å². The molecule has 0 rings (SSSR count). The first-order chi connectivity index (χ1) is 20.7. The Bertz CT molecular complexity index is 1090. The fourth-order valence-electron chi connectivity index (χ4n) is 3.45. The van der Waals surface area contributed by atoms with Crippen LogP contribution in [0.1, 0.15) is 45.4 Å². The van der Waals surface area contributed by atoms with Crippen LogP contribution in [0.3, 0.4) is 0 Å². The van der Waals surface area contributed by atoms with Crippen molar-refractivity contribution in [3.63, 3.8) is 0 Å². The second kappa shape index (κ2) is 22.1. The van der Waals surface area contributed by atoms with Gasteiger partial charge in [-0.15, -0.1) is 0 Å². The summed E-state index contributed by atoms with van der Waals surface area (Å²) in [6, 6.07) is 0. The number of carbonyl (C=O) groups excluding carboxylic acids is 10. The van der Waals surface area contributed by atoms with E-state index in [4.69, 9.17) is 0 Å². The third kappa shape index (κ3) is 18.8. The van der Waals surface area contributed by atoms with Gasteiger partial charge in [-0.05, 0) is 14.0 Å². The summed E-state index contributed by atoms with van der Waals surface area (Å²) in [5, 5.41) is 7.35. The third-order valence-corrected chi connectivity index (χ3v) is 5.73. The van der Waals surface area contributed by atoms with E-state index in [0.717, 1.165) is 24.0 Å². The van der Waals surface area contributed by atoms with Crippen molar-refractivity contribution in [2.75, 3.05) is 67.1 Å². The van der Waals surface area contributed by atoms with Crippen molar-refractivity contribution < 1.29 is 57.4 Å². The molecule has 3 N–H and O–H groups in total. The molecule has 0 saturated heterocycles. The number of esters is 2. The Kier molecular flexibility index (Phi) is 19.8. The molecule has 0 aromatic heterocycles. The Balaban J connectivity index is 4.94. The number of ether oxygens (including phenoxy) is 2. The second-order valence-electron chi connectivity index (χ2n) is 9.55. The van der Waals surface area contributed by atoms with Crippen molar-refractivity contribution in [2.45, 2.75) is 45.4 Å². The monoisotopic (exact) mass is 627 g/mol. The van der Waals surface area contributed by atoms with Crippen LogP contribution in [0.5, 0.6) is 0 Å². The first-order valence-electron chi connectivity index (χ1n) is 13.6. The molecule has 4 amide bonds. The van der Waals surface area contributed by atoms with Crippen molar-refractivity contribution in [3.8, 4) is 0 Å². The summed E-state index contributed by atoms with van der Waals surface area (Å²) < 4.78 is 9.09. The molecule has 0 atom stereocenters. The van der Waals surface area contributed by atoms with Crippen molar-refractivity contribution in [1.29, 1.82) is 0 Å². The van der Waals surface area contributed by atoms with Gasteiger partial charge in [-0.1, -0.05) is 0 Å². The van der Waals surface area contributed by atoms with Gasteiger partial charge in [0.15, 0.2) is 5.78 Å². The molecule has 0 aliphatic rings. The average Bonchev–Trinajstić information content (AvgIpc) is 2.96. The molecule has 0 spiro atoms. The van der Waals surface area contributed by atoms with Gasteiger partial charge in [-0.3, -0.25) is 47.9 Å². The zero-order valence-electron chi connectivity index (χ0n) is 25.5. The molecule has 0 radical (unpaired) electrons. The van der Waals surface area contributed by atoms with Crippen LogP contribution in [0.2, 0.25) is 0 Å². The van der Waals surface area contributed by atoms with E-state index >= 15 is 0 Å². The Morgan fingerprint density at radius 3 is 1.68 bits per heavy atom. The Hall–Kier alpha value is -4.54. The molecule has 0 heterocycles. The smallest absolute Gasteiger partial charge is 0.325 e. The summed E-state index contributed by atoms with van der Waals surface area (Å²) in [6.07, 6.45) is -1.32. The number of nitrogens with zero attached hydrogens (tertiary/aromatic N) is 2. The predicted molar refractivity (Wildman–Crippen MR) is 151 cm³/mol. The second-order valence-corrected chi connectivity index (χ2v) is 9.55. The minimum Gasteiger partial charge on any atom is -0.468 e. The van der Waals surface area contributed by atoms with E-state index < -0.39 is 79.9 Å². The Morgan fingerprint density at radius 1 is 0.568 bits per heavy atom. The van der Waals surface area contributed by atoms with E-state index in [1.807, 2.05) is 0 Å². The Labute approximate surface area is 254 Å². The van der Waals surface area contributed by atoms with Crippen molar-refractivity contribution in [1.82, 2.24) is 25.8 Å². The van der Waals surface area contributed by atoms with E-state index in [2.05, 4.69) is 25.4 Å². The zero-order chi connectivity index (χ0) is 33.7. The normalized spacial score (nSPS) is 10.2. The highest BCUT2D eigenvalue weighted by molar-refractivity contribution is 5.99. The van der Waals surface area contributed by atoms with Gasteiger partial charge < -0.3 is 35.2 Å². The molecule has 17 nitrogen and oxygen atoms in total. The van der Waals surface area contributed by atoms with Gasteiger partial charge in [0.1, 0.15) is 37.0 Å². The number of methoxy groups -OCH3 is 2. The SMILES string of the molecule is CNCC(=O)CCC(=O)N(CC(=O)CCNC(=O)CN(CC(=O)OC)C(=O)CNC(=O)CCC(=O)CC(C)=O)CC(=O)OC. The first kappa shape index (κ1) is 39.5. The van der Waals surface area contributed by atoms with E-state index in [1.54, 1.807) is 7.05 Å². The summed E-state index contributed by atoms with van der Waals surface area (Å²) >= 11 is 0. The molecule has 0 aromatic carbocycles. The summed E-state index contributed by atoms with van der Waals surface area (Å²) in [5.74, 6) is -5.95. The van der Waals surface area contributed by atoms with Gasteiger partial charge in [0.05, 0.1) is 40.3 Å². The molecular weight excluding hydrogens is 586 g/mol. The number of hydrogen-bond acceptors (Lipinski definition) is 13. The molecule has 17 heteroatoms. The number of likely N-dealkylation sites (N-methyl/N-ethyl adjacent to an activating group) is 1. The average molecular weight is 628 g/mol. The fraction of sp³-hybridized carbons (Fsp3) is 0.630. The number of ketones is 4. The first-order valence-corrected chi connectivity index (χ1v) is 13.6. The van der Waals surface area contributed by atoms with Gasteiger partial charge in [-0.2, -0.15) is 0 Å². The number of nitrogens with one attached hydrogen (secondary N) is 3. The van der Waals surface area contributed by atoms with Crippen LogP contribution in [0.15, 0.2) is 0 Å². The number of hydrogen-bond donors (Lipinski definition) is 3. The van der Waals surface area contributed by atoms with Crippen LogP contribution in [0, 0.1) is 0 Å². The lowest BCUT2D eigenvalue weighted by Crippen LogP contribution is -2.47. The number of Topliss-reactive ketones (excluding diaryl/α,β-unsaturated/α-hetero) is 4. The van der Waals surface area contributed by atoms with Crippen LogP contribution in [0.4, 0.5) is 0 Å². The molecule has 0 unspecified atom stereocenters. The minimum atomic E-state index is -0.842. The van der Waals surface area contributed by atoms with Crippen molar-refractivity contribution >= 4 is 58.7 Å². The molecule has 0 aromatic rings. The van der Waals surface area contributed by atoms with Crippen LogP contribution in [-0.4, -0.2) is 136 Å². The van der Waals surface area contributed by atoms with Gasteiger partial charge in [0.2, 0.25) is 23.6 Å². The maximum Gasteiger partial charge on any atom is 0.325 e. The largest absolute Gasteiger partial charge is 0.468 e.